The number of thiophene rings is 1. The molecule has 0 spiro atoms. The van der Waals surface area contributed by atoms with E-state index in [2.05, 4.69) is 68.6 Å². The Bertz CT molecular complexity index is 540. The Morgan fingerprint density at radius 2 is 2.05 bits per heavy atom. The minimum Gasteiger partial charge on any atom is -0.308 e. The maximum Gasteiger partial charge on any atom is 0.0701 e. The van der Waals surface area contributed by atoms with E-state index in [1.807, 2.05) is 11.3 Å². The molecule has 0 radical (unpaired) electrons. The van der Waals surface area contributed by atoms with Gasteiger partial charge in [0.15, 0.2) is 0 Å². The molecule has 1 aliphatic heterocycles. The molecule has 3 rings (SSSR count). The minimum absolute atomic E-state index is 0.625. The van der Waals surface area contributed by atoms with Gasteiger partial charge in [-0.3, -0.25) is 4.90 Å². The first-order chi connectivity index (χ1) is 9.79. The van der Waals surface area contributed by atoms with Crippen LogP contribution in [0.1, 0.15) is 16.9 Å². The van der Waals surface area contributed by atoms with Gasteiger partial charge < -0.3 is 5.32 Å². The molecular formula is C16H19BrN2S. The lowest BCUT2D eigenvalue weighted by Gasteiger charge is -2.16. The summed E-state index contributed by atoms with van der Waals surface area (Å²) in [6, 6.07) is 15.7. The lowest BCUT2D eigenvalue weighted by Crippen LogP contribution is -2.31. The first-order valence-corrected chi connectivity index (χ1v) is 8.64. The van der Waals surface area contributed by atoms with Crippen molar-refractivity contribution < 1.29 is 0 Å². The largest absolute Gasteiger partial charge is 0.308 e. The monoisotopic (exact) mass is 350 g/mol. The molecule has 2 nitrogen and oxygen atoms in total. The van der Waals surface area contributed by atoms with E-state index in [-0.39, 0.29) is 0 Å². The van der Waals surface area contributed by atoms with Gasteiger partial charge in [-0.25, -0.2) is 0 Å². The second-order valence-corrected chi connectivity index (χ2v) is 7.84. The van der Waals surface area contributed by atoms with Crippen molar-refractivity contribution in [2.45, 2.75) is 25.6 Å². The van der Waals surface area contributed by atoms with E-state index in [4.69, 9.17) is 0 Å². The highest BCUT2D eigenvalue weighted by Crippen LogP contribution is 2.22. The Kier molecular flexibility index (Phi) is 4.89. The van der Waals surface area contributed by atoms with E-state index in [0.29, 0.717) is 6.04 Å². The molecule has 0 amide bonds. The van der Waals surface area contributed by atoms with Crippen molar-refractivity contribution in [3.63, 3.8) is 0 Å². The number of hydrogen-bond donors (Lipinski definition) is 1. The van der Waals surface area contributed by atoms with Crippen LogP contribution in [-0.4, -0.2) is 24.0 Å². The first kappa shape index (κ1) is 14.3. The fraction of sp³-hybridized carbons (Fsp3) is 0.375. The molecule has 0 saturated carbocycles. The lowest BCUT2D eigenvalue weighted by atomic mass is 10.2. The van der Waals surface area contributed by atoms with Crippen LogP contribution in [0.5, 0.6) is 0 Å². The predicted molar refractivity (Wildman–Crippen MR) is 89.0 cm³/mol. The molecule has 1 fully saturated rings. The summed E-state index contributed by atoms with van der Waals surface area (Å²) in [6.07, 6.45) is 1.25. The Morgan fingerprint density at radius 1 is 1.20 bits per heavy atom. The van der Waals surface area contributed by atoms with Gasteiger partial charge in [0.2, 0.25) is 0 Å². The Balaban J connectivity index is 1.45. The molecule has 1 atom stereocenters. The maximum atomic E-state index is 3.67. The number of nitrogens with zero attached hydrogens (tertiary/aromatic N) is 1. The van der Waals surface area contributed by atoms with Gasteiger partial charge in [0.05, 0.1) is 3.79 Å². The molecule has 1 aromatic carbocycles. The highest BCUT2D eigenvalue weighted by atomic mass is 79.9. The number of nitrogens with one attached hydrogen (secondary N) is 1. The quantitative estimate of drug-likeness (QED) is 0.880. The molecule has 1 unspecified atom stereocenters. The van der Waals surface area contributed by atoms with Crippen LogP contribution in [0.4, 0.5) is 0 Å². The van der Waals surface area contributed by atoms with Gasteiger partial charge in [0.1, 0.15) is 0 Å². The van der Waals surface area contributed by atoms with Crippen molar-refractivity contribution in [3.05, 3.63) is 56.7 Å². The van der Waals surface area contributed by atoms with E-state index >= 15 is 0 Å². The second kappa shape index (κ2) is 6.85. The number of likely N-dealkylation sites (tertiary alicyclic amines) is 1. The fourth-order valence-electron chi connectivity index (χ4n) is 2.68. The van der Waals surface area contributed by atoms with Crippen LogP contribution in [0, 0.1) is 0 Å². The number of rotatable bonds is 5. The molecule has 4 heteroatoms. The summed E-state index contributed by atoms with van der Waals surface area (Å²) in [6.45, 7) is 4.41. The predicted octanol–water partition coefficient (Wildman–Crippen LogP) is 3.87. The standard InChI is InChI=1S/C16H19BrN2S/c17-16-7-6-15(20-16)10-18-14-8-9-19(12-14)11-13-4-2-1-3-5-13/h1-7,14,18H,8-12H2. The molecule has 0 bridgehead atoms. The van der Waals surface area contributed by atoms with E-state index in [1.54, 1.807) is 0 Å². The van der Waals surface area contributed by atoms with Crippen LogP contribution in [0.15, 0.2) is 46.3 Å². The van der Waals surface area contributed by atoms with Crippen LogP contribution in [0.2, 0.25) is 0 Å². The Hall–Kier alpha value is -0.680. The number of halogens is 1. The summed E-state index contributed by atoms with van der Waals surface area (Å²) in [7, 11) is 0. The zero-order valence-electron chi connectivity index (χ0n) is 11.4. The van der Waals surface area contributed by atoms with Crippen molar-refractivity contribution in [1.29, 1.82) is 0 Å². The van der Waals surface area contributed by atoms with Gasteiger partial charge in [-0.1, -0.05) is 30.3 Å². The highest BCUT2D eigenvalue weighted by molar-refractivity contribution is 9.11. The zero-order chi connectivity index (χ0) is 13.8. The molecule has 1 saturated heterocycles. The summed E-state index contributed by atoms with van der Waals surface area (Å²) < 4.78 is 1.21. The molecule has 1 aromatic heterocycles. The van der Waals surface area contributed by atoms with Crippen molar-refractivity contribution in [2.24, 2.45) is 0 Å². The molecule has 1 N–H and O–H groups in total. The average molecular weight is 351 g/mol. The smallest absolute Gasteiger partial charge is 0.0701 e. The van der Waals surface area contributed by atoms with Gasteiger partial charge in [-0.05, 0) is 40.0 Å². The topological polar surface area (TPSA) is 15.3 Å². The second-order valence-electron chi connectivity index (χ2n) is 5.29. The molecule has 20 heavy (non-hydrogen) atoms. The third-order valence-electron chi connectivity index (χ3n) is 3.72. The van der Waals surface area contributed by atoms with Crippen LogP contribution in [0.3, 0.4) is 0 Å². The highest BCUT2D eigenvalue weighted by Gasteiger charge is 2.21. The SMILES string of the molecule is Brc1ccc(CNC2CCN(Cc3ccccc3)C2)s1. The van der Waals surface area contributed by atoms with Gasteiger partial charge in [0.25, 0.3) is 0 Å². The van der Waals surface area contributed by atoms with Crippen molar-refractivity contribution in [3.8, 4) is 0 Å². The van der Waals surface area contributed by atoms with Gasteiger partial charge in [0, 0.05) is 37.1 Å². The molecule has 1 aliphatic rings. The molecule has 106 valence electrons. The fourth-order valence-corrected chi connectivity index (χ4v) is 4.11. The lowest BCUT2D eigenvalue weighted by molar-refractivity contribution is 0.320. The van der Waals surface area contributed by atoms with E-state index in [9.17, 15) is 0 Å². The Labute approximate surface area is 132 Å². The number of hydrogen-bond acceptors (Lipinski definition) is 3. The molecule has 0 aliphatic carbocycles. The van der Waals surface area contributed by atoms with E-state index in [1.165, 1.54) is 27.2 Å². The van der Waals surface area contributed by atoms with Crippen LogP contribution < -0.4 is 5.32 Å². The van der Waals surface area contributed by atoms with Gasteiger partial charge >= 0.3 is 0 Å². The van der Waals surface area contributed by atoms with E-state index in [0.717, 1.165) is 19.6 Å². The van der Waals surface area contributed by atoms with Crippen LogP contribution in [-0.2, 0) is 13.1 Å². The van der Waals surface area contributed by atoms with Crippen molar-refractivity contribution in [1.82, 2.24) is 10.2 Å². The summed E-state index contributed by atoms with van der Waals surface area (Å²) in [5.74, 6) is 0. The van der Waals surface area contributed by atoms with Crippen molar-refractivity contribution in [2.75, 3.05) is 13.1 Å². The summed E-state index contributed by atoms with van der Waals surface area (Å²) >= 11 is 5.33. The van der Waals surface area contributed by atoms with E-state index < -0.39 is 0 Å². The summed E-state index contributed by atoms with van der Waals surface area (Å²) in [5.41, 5.74) is 1.41. The summed E-state index contributed by atoms with van der Waals surface area (Å²) in [5, 5.41) is 3.67. The van der Waals surface area contributed by atoms with Crippen molar-refractivity contribution >= 4 is 27.3 Å². The summed E-state index contributed by atoms with van der Waals surface area (Å²) in [4.78, 5) is 3.94. The normalized spacial score (nSPS) is 19.6. The van der Waals surface area contributed by atoms with Gasteiger partial charge in [-0.2, -0.15) is 0 Å². The zero-order valence-corrected chi connectivity index (χ0v) is 13.8. The number of benzene rings is 1. The maximum absolute atomic E-state index is 3.67. The third kappa shape index (κ3) is 3.92. The molecule has 2 heterocycles. The molecule has 2 aromatic rings. The molecular weight excluding hydrogens is 332 g/mol. The first-order valence-electron chi connectivity index (χ1n) is 7.03. The average Bonchev–Trinajstić information content (AvgIpc) is 3.07. The Morgan fingerprint density at radius 3 is 2.80 bits per heavy atom. The van der Waals surface area contributed by atoms with Crippen LogP contribution >= 0.6 is 27.3 Å². The minimum atomic E-state index is 0.625. The van der Waals surface area contributed by atoms with Gasteiger partial charge in [-0.15, -0.1) is 11.3 Å². The van der Waals surface area contributed by atoms with Crippen LogP contribution in [0.25, 0.3) is 0 Å². The third-order valence-corrected chi connectivity index (χ3v) is 5.34.